The summed E-state index contributed by atoms with van der Waals surface area (Å²) in [7, 11) is 0. The fourth-order valence-corrected chi connectivity index (χ4v) is 2.11. The molecule has 1 aromatic heterocycles. The lowest BCUT2D eigenvalue weighted by molar-refractivity contribution is -0.117. The minimum Gasteiger partial charge on any atom is -0.356 e. The van der Waals surface area contributed by atoms with Crippen LogP contribution in [0.5, 0.6) is 0 Å². The van der Waals surface area contributed by atoms with Gasteiger partial charge in [-0.3, -0.25) is 4.79 Å². The fraction of sp³-hybridized carbons (Fsp3) is 0.583. The molecule has 2 aliphatic rings. The Morgan fingerprint density at radius 2 is 2.06 bits per heavy atom. The molecule has 2 fully saturated rings. The molecular weight excluding hydrogens is 216 g/mol. The van der Waals surface area contributed by atoms with Crippen LogP contribution in [0.4, 0.5) is 11.6 Å². The van der Waals surface area contributed by atoms with E-state index >= 15 is 0 Å². The highest BCUT2D eigenvalue weighted by atomic mass is 16.2. The van der Waals surface area contributed by atoms with Crippen molar-refractivity contribution in [2.45, 2.75) is 25.7 Å². The maximum absolute atomic E-state index is 11.6. The fourth-order valence-electron chi connectivity index (χ4n) is 2.11. The highest BCUT2D eigenvalue weighted by molar-refractivity contribution is 5.93. The summed E-state index contributed by atoms with van der Waals surface area (Å²) >= 11 is 0. The van der Waals surface area contributed by atoms with E-state index in [9.17, 15) is 4.79 Å². The van der Waals surface area contributed by atoms with Crippen molar-refractivity contribution in [2.75, 3.05) is 23.3 Å². The van der Waals surface area contributed by atoms with Crippen LogP contribution in [0.15, 0.2) is 12.4 Å². The first-order chi connectivity index (χ1) is 8.33. The van der Waals surface area contributed by atoms with Crippen LogP contribution in [0.25, 0.3) is 0 Å². The van der Waals surface area contributed by atoms with Crippen LogP contribution in [-0.2, 0) is 4.79 Å². The molecule has 1 N–H and O–H groups in total. The van der Waals surface area contributed by atoms with Crippen molar-refractivity contribution < 1.29 is 4.79 Å². The van der Waals surface area contributed by atoms with E-state index in [0.29, 0.717) is 5.82 Å². The molecule has 1 saturated carbocycles. The first kappa shape index (κ1) is 10.5. The molecule has 0 atom stereocenters. The lowest BCUT2D eigenvalue weighted by atomic mass is 10.4. The number of aromatic nitrogens is 2. The summed E-state index contributed by atoms with van der Waals surface area (Å²) in [6.45, 7) is 2.10. The van der Waals surface area contributed by atoms with Crippen molar-refractivity contribution in [1.29, 1.82) is 0 Å². The molecule has 5 heteroatoms. The number of hydrogen-bond acceptors (Lipinski definition) is 4. The van der Waals surface area contributed by atoms with Gasteiger partial charge in [0.05, 0.1) is 0 Å². The maximum Gasteiger partial charge on any atom is 0.228 e. The maximum atomic E-state index is 11.6. The second-order valence-electron chi connectivity index (χ2n) is 4.72. The molecule has 0 unspecified atom stereocenters. The Balaban J connectivity index is 1.71. The van der Waals surface area contributed by atoms with Crippen molar-refractivity contribution in [2.24, 2.45) is 5.92 Å². The van der Waals surface area contributed by atoms with Gasteiger partial charge in [-0.2, -0.15) is 0 Å². The Morgan fingerprint density at radius 3 is 2.76 bits per heavy atom. The number of carbonyl (C=O) groups is 1. The molecule has 1 aliphatic heterocycles. The van der Waals surface area contributed by atoms with E-state index in [4.69, 9.17) is 0 Å². The molecule has 1 aliphatic carbocycles. The molecule has 1 aromatic rings. The normalized spacial score (nSPS) is 19.4. The van der Waals surface area contributed by atoms with Crippen molar-refractivity contribution in [3.63, 3.8) is 0 Å². The van der Waals surface area contributed by atoms with Gasteiger partial charge < -0.3 is 10.2 Å². The summed E-state index contributed by atoms with van der Waals surface area (Å²) in [4.78, 5) is 22.2. The molecule has 3 rings (SSSR count). The minimum atomic E-state index is 0.0936. The van der Waals surface area contributed by atoms with Crippen LogP contribution in [0.3, 0.4) is 0 Å². The quantitative estimate of drug-likeness (QED) is 0.856. The first-order valence-electron chi connectivity index (χ1n) is 6.21. The molecule has 2 heterocycles. The third kappa shape index (κ3) is 2.38. The van der Waals surface area contributed by atoms with Gasteiger partial charge in [-0.1, -0.05) is 0 Å². The second kappa shape index (κ2) is 4.31. The van der Waals surface area contributed by atoms with Gasteiger partial charge in [-0.25, -0.2) is 9.97 Å². The van der Waals surface area contributed by atoms with Gasteiger partial charge in [-0.15, -0.1) is 0 Å². The number of rotatable bonds is 3. The van der Waals surface area contributed by atoms with Gasteiger partial charge in [0.25, 0.3) is 0 Å². The third-order valence-electron chi connectivity index (χ3n) is 3.28. The predicted octanol–water partition coefficient (Wildman–Crippen LogP) is 1.43. The van der Waals surface area contributed by atoms with Gasteiger partial charge in [0.15, 0.2) is 0 Å². The smallest absolute Gasteiger partial charge is 0.228 e. The van der Waals surface area contributed by atoms with E-state index in [2.05, 4.69) is 20.2 Å². The summed E-state index contributed by atoms with van der Waals surface area (Å²) in [5.41, 5.74) is 0. The van der Waals surface area contributed by atoms with Gasteiger partial charge >= 0.3 is 0 Å². The Bertz CT molecular complexity index is 424. The van der Waals surface area contributed by atoms with Gasteiger partial charge in [-0.05, 0) is 25.7 Å². The van der Waals surface area contributed by atoms with Crippen LogP contribution in [0.2, 0.25) is 0 Å². The standard InChI is InChI=1S/C12H16N4O/c17-12(9-3-4-9)15-10-7-11(14-8-13-10)16-5-1-2-6-16/h7-9H,1-6H2,(H,13,14,15,17). The zero-order valence-electron chi connectivity index (χ0n) is 9.72. The van der Waals surface area contributed by atoms with Crippen LogP contribution in [0.1, 0.15) is 25.7 Å². The van der Waals surface area contributed by atoms with Crippen molar-refractivity contribution in [3.8, 4) is 0 Å². The number of carbonyl (C=O) groups excluding carboxylic acids is 1. The van der Waals surface area contributed by atoms with E-state index in [-0.39, 0.29) is 11.8 Å². The highest BCUT2D eigenvalue weighted by Gasteiger charge is 2.29. The van der Waals surface area contributed by atoms with Crippen molar-refractivity contribution in [3.05, 3.63) is 12.4 Å². The molecule has 90 valence electrons. The summed E-state index contributed by atoms with van der Waals surface area (Å²) in [5.74, 6) is 1.85. The van der Waals surface area contributed by atoms with E-state index in [1.807, 2.05) is 6.07 Å². The molecular formula is C12H16N4O. The molecule has 1 saturated heterocycles. The largest absolute Gasteiger partial charge is 0.356 e. The Labute approximate surface area is 100 Å². The molecule has 1 amide bonds. The molecule has 0 bridgehead atoms. The van der Waals surface area contributed by atoms with Crippen molar-refractivity contribution >= 4 is 17.5 Å². The second-order valence-corrected chi connectivity index (χ2v) is 4.72. The average Bonchev–Trinajstić information content (AvgIpc) is 3.05. The lowest BCUT2D eigenvalue weighted by Crippen LogP contribution is -2.20. The average molecular weight is 232 g/mol. The molecule has 0 spiro atoms. The number of nitrogens with one attached hydrogen (secondary N) is 1. The Kier molecular flexibility index (Phi) is 2.66. The Hall–Kier alpha value is -1.65. The predicted molar refractivity (Wildman–Crippen MR) is 64.8 cm³/mol. The monoisotopic (exact) mass is 232 g/mol. The zero-order valence-corrected chi connectivity index (χ0v) is 9.72. The number of amides is 1. The molecule has 0 radical (unpaired) electrons. The van der Waals surface area contributed by atoms with Crippen LogP contribution in [-0.4, -0.2) is 29.0 Å². The molecule has 17 heavy (non-hydrogen) atoms. The zero-order chi connectivity index (χ0) is 11.7. The van der Waals surface area contributed by atoms with Crippen LogP contribution in [0, 0.1) is 5.92 Å². The summed E-state index contributed by atoms with van der Waals surface area (Å²) in [5, 5.41) is 2.85. The van der Waals surface area contributed by atoms with E-state index in [1.54, 1.807) is 0 Å². The SMILES string of the molecule is O=C(Nc1cc(N2CCCC2)ncn1)C1CC1. The van der Waals surface area contributed by atoms with E-state index < -0.39 is 0 Å². The van der Waals surface area contributed by atoms with Crippen molar-refractivity contribution in [1.82, 2.24) is 9.97 Å². The number of hydrogen-bond donors (Lipinski definition) is 1. The Morgan fingerprint density at radius 1 is 1.29 bits per heavy atom. The number of anilines is 2. The summed E-state index contributed by atoms with van der Waals surface area (Å²) in [6.07, 6.45) is 5.98. The molecule has 0 aromatic carbocycles. The topological polar surface area (TPSA) is 58.1 Å². The summed E-state index contributed by atoms with van der Waals surface area (Å²) < 4.78 is 0. The molecule has 5 nitrogen and oxygen atoms in total. The van der Waals surface area contributed by atoms with Crippen LogP contribution < -0.4 is 10.2 Å². The van der Waals surface area contributed by atoms with E-state index in [1.165, 1.54) is 19.2 Å². The van der Waals surface area contributed by atoms with Gasteiger partial charge in [0, 0.05) is 25.1 Å². The third-order valence-corrected chi connectivity index (χ3v) is 3.28. The lowest BCUT2D eigenvalue weighted by Gasteiger charge is -2.16. The van der Waals surface area contributed by atoms with Gasteiger partial charge in [0.2, 0.25) is 5.91 Å². The minimum absolute atomic E-state index is 0.0936. The highest BCUT2D eigenvalue weighted by Crippen LogP contribution is 2.30. The first-order valence-corrected chi connectivity index (χ1v) is 6.21. The van der Waals surface area contributed by atoms with E-state index in [0.717, 1.165) is 31.7 Å². The summed E-state index contributed by atoms with van der Waals surface area (Å²) in [6, 6.07) is 1.87. The number of nitrogens with zero attached hydrogens (tertiary/aromatic N) is 3. The van der Waals surface area contributed by atoms with Crippen LogP contribution >= 0.6 is 0 Å². The van der Waals surface area contributed by atoms with Gasteiger partial charge in [0.1, 0.15) is 18.0 Å².